The predicted octanol–water partition coefficient (Wildman–Crippen LogP) is 3.01. The Bertz CT molecular complexity index is 673. The first-order chi connectivity index (χ1) is 11.2. The third kappa shape index (κ3) is 3.01. The molecule has 0 spiro atoms. The van der Waals surface area contributed by atoms with Crippen LogP contribution in [0.2, 0.25) is 0 Å². The summed E-state index contributed by atoms with van der Waals surface area (Å²) in [5.74, 6) is 1.06. The Labute approximate surface area is 134 Å². The minimum Gasteiger partial charge on any atom is -0.363 e. The molecule has 0 N–H and O–H groups in total. The fourth-order valence-electron chi connectivity index (χ4n) is 3.66. The van der Waals surface area contributed by atoms with Crippen LogP contribution in [0.15, 0.2) is 28.8 Å². The number of nitrogens with zero attached hydrogens (tertiary/aromatic N) is 3. The summed E-state index contributed by atoms with van der Waals surface area (Å²) in [5.41, 5.74) is 1.14. The molecule has 2 aromatic rings. The van der Waals surface area contributed by atoms with Crippen LogP contribution < -0.4 is 0 Å². The predicted molar refractivity (Wildman–Crippen MR) is 81.1 cm³/mol. The van der Waals surface area contributed by atoms with E-state index in [-0.39, 0.29) is 18.0 Å². The van der Waals surface area contributed by atoms with E-state index < -0.39 is 0 Å². The second-order valence-corrected chi connectivity index (χ2v) is 6.37. The van der Waals surface area contributed by atoms with Crippen molar-refractivity contribution in [1.29, 1.82) is 0 Å². The molecule has 4 rings (SSSR count). The van der Waals surface area contributed by atoms with Crippen molar-refractivity contribution in [3.8, 4) is 0 Å². The first kappa shape index (κ1) is 14.8. The highest BCUT2D eigenvalue weighted by molar-refractivity contribution is 5.16. The SMILES string of the molecule is Cc1noc([C@@H]2CC[C@@H]3[C@@H](CCN3Cc3ccc(F)cc3)O2)n1. The number of hydrogen-bond acceptors (Lipinski definition) is 5. The minimum atomic E-state index is -0.188. The molecule has 0 bridgehead atoms. The topological polar surface area (TPSA) is 51.4 Å². The van der Waals surface area contributed by atoms with Crippen molar-refractivity contribution in [2.45, 2.75) is 51.0 Å². The van der Waals surface area contributed by atoms with Gasteiger partial charge in [0.25, 0.3) is 5.89 Å². The fourth-order valence-corrected chi connectivity index (χ4v) is 3.66. The molecule has 5 nitrogen and oxygen atoms in total. The standard InChI is InChI=1S/C17H20FN3O2/c1-11-19-17(23-20-11)16-7-6-14-15(22-16)8-9-21(14)10-12-2-4-13(18)5-3-12/h2-5,14-16H,6-10H2,1H3/t14-,15-,16+/m1/s1. The number of hydrogen-bond donors (Lipinski definition) is 0. The molecule has 0 amide bonds. The molecule has 0 unspecified atom stereocenters. The maximum atomic E-state index is 13.0. The zero-order valence-corrected chi connectivity index (χ0v) is 13.1. The van der Waals surface area contributed by atoms with E-state index in [4.69, 9.17) is 9.26 Å². The molecule has 0 radical (unpaired) electrons. The second-order valence-electron chi connectivity index (χ2n) is 6.37. The van der Waals surface area contributed by atoms with E-state index in [9.17, 15) is 4.39 Å². The number of likely N-dealkylation sites (tertiary alicyclic amines) is 1. The van der Waals surface area contributed by atoms with Crippen LogP contribution in [-0.4, -0.2) is 33.7 Å². The van der Waals surface area contributed by atoms with Gasteiger partial charge in [0.05, 0.1) is 6.10 Å². The number of halogens is 1. The smallest absolute Gasteiger partial charge is 0.255 e. The van der Waals surface area contributed by atoms with Crippen molar-refractivity contribution in [2.75, 3.05) is 6.54 Å². The summed E-state index contributed by atoms with van der Waals surface area (Å²) < 4.78 is 24.5. The molecule has 1 aromatic heterocycles. The maximum absolute atomic E-state index is 13.0. The average molecular weight is 317 g/mol. The van der Waals surface area contributed by atoms with Crippen LogP contribution in [0, 0.1) is 12.7 Å². The molecule has 2 fully saturated rings. The Morgan fingerprint density at radius 2 is 2.04 bits per heavy atom. The Balaban J connectivity index is 1.41. The minimum absolute atomic E-state index is 0.0804. The summed E-state index contributed by atoms with van der Waals surface area (Å²) in [6, 6.07) is 7.18. The van der Waals surface area contributed by atoms with Crippen molar-refractivity contribution in [3.63, 3.8) is 0 Å². The van der Waals surface area contributed by atoms with Gasteiger partial charge in [0, 0.05) is 19.1 Å². The second kappa shape index (κ2) is 6.02. The van der Waals surface area contributed by atoms with Gasteiger partial charge in [-0.3, -0.25) is 4.90 Å². The molecular weight excluding hydrogens is 297 g/mol. The molecule has 3 atom stereocenters. The summed E-state index contributed by atoms with van der Waals surface area (Å²) in [6.45, 7) is 3.66. The lowest BCUT2D eigenvalue weighted by molar-refractivity contribution is -0.0831. The Hall–Kier alpha value is -1.79. The summed E-state index contributed by atoms with van der Waals surface area (Å²) >= 11 is 0. The zero-order valence-electron chi connectivity index (χ0n) is 13.1. The van der Waals surface area contributed by atoms with E-state index in [1.165, 1.54) is 12.1 Å². The van der Waals surface area contributed by atoms with Gasteiger partial charge in [-0.05, 0) is 43.9 Å². The lowest BCUT2D eigenvalue weighted by Gasteiger charge is -2.34. The van der Waals surface area contributed by atoms with Crippen LogP contribution in [-0.2, 0) is 11.3 Å². The maximum Gasteiger partial charge on any atom is 0.255 e. The van der Waals surface area contributed by atoms with E-state index in [0.717, 1.165) is 37.9 Å². The first-order valence-electron chi connectivity index (χ1n) is 8.13. The average Bonchev–Trinajstić information content (AvgIpc) is 3.16. The van der Waals surface area contributed by atoms with E-state index in [1.807, 2.05) is 19.1 Å². The van der Waals surface area contributed by atoms with Gasteiger partial charge in [-0.25, -0.2) is 4.39 Å². The van der Waals surface area contributed by atoms with Gasteiger partial charge in [-0.2, -0.15) is 4.98 Å². The monoisotopic (exact) mass is 317 g/mol. The van der Waals surface area contributed by atoms with Gasteiger partial charge in [0.1, 0.15) is 11.9 Å². The van der Waals surface area contributed by atoms with Gasteiger partial charge in [0.2, 0.25) is 0 Å². The summed E-state index contributed by atoms with van der Waals surface area (Å²) in [5, 5.41) is 3.85. The molecule has 122 valence electrons. The normalized spacial score (nSPS) is 28.0. The number of benzene rings is 1. The lowest BCUT2D eigenvalue weighted by Crippen LogP contribution is -2.40. The van der Waals surface area contributed by atoms with Crippen LogP contribution in [0.4, 0.5) is 4.39 Å². The summed E-state index contributed by atoms with van der Waals surface area (Å²) in [7, 11) is 0. The van der Waals surface area contributed by atoms with Gasteiger partial charge in [0.15, 0.2) is 5.82 Å². The van der Waals surface area contributed by atoms with Crippen molar-refractivity contribution >= 4 is 0 Å². The van der Waals surface area contributed by atoms with E-state index >= 15 is 0 Å². The molecule has 23 heavy (non-hydrogen) atoms. The third-order valence-electron chi connectivity index (χ3n) is 4.78. The molecule has 0 aliphatic carbocycles. The number of aromatic nitrogens is 2. The van der Waals surface area contributed by atoms with Crippen molar-refractivity contribution in [2.24, 2.45) is 0 Å². The van der Waals surface area contributed by atoms with Gasteiger partial charge >= 0.3 is 0 Å². The van der Waals surface area contributed by atoms with Gasteiger partial charge in [-0.1, -0.05) is 17.3 Å². The highest BCUT2D eigenvalue weighted by Gasteiger charge is 2.41. The molecule has 0 saturated carbocycles. The van der Waals surface area contributed by atoms with E-state index in [0.29, 0.717) is 17.8 Å². The third-order valence-corrected chi connectivity index (χ3v) is 4.78. The Kier molecular flexibility index (Phi) is 3.87. The zero-order chi connectivity index (χ0) is 15.8. The molecular formula is C17H20FN3O2. The van der Waals surface area contributed by atoms with E-state index in [1.54, 1.807) is 0 Å². The number of fused-ring (bicyclic) bond motifs is 1. The highest BCUT2D eigenvalue weighted by Crippen LogP contribution is 2.38. The van der Waals surface area contributed by atoms with Crippen molar-refractivity contribution in [1.82, 2.24) is 15.0 Å². The lowest BCUT2D eigenvalue weighted by atomic mass is 9.98. The summed E-state index contributed by atoms with van der Waals surface area (Å²) in [4.78, 5) is 6.73. The molecule has 2 aliphatic heterocycles. The largest absolute Gasteiger partial charge is 0.363 e. The number of aryl methyl sites for hydroxylation is 1. The van der Waals surface area contributed by atoms with Crippen LogP contribution in [0.25, 0.3) is 0 Å². The van der Waals surface area contributed by atoms with Crippen LogP contribution in [0.3, 0.4) is 0 Å². The number of ether oxygens (including phenoxy) is 1. The Morgan fingerprint density at radius 1 is 1.22 bits per heavy atom. The molecule has 6 heteroatoms. The molecule has 2 saturated heterocycles. The van der Waals surface area contributed by atoms with Crippen LogP contribution in [0.1, 0.15) is 42.6 Å². The fraction of sp³-hybridized carbons (Fsp3) is 0.529. The quantitative estimate of drug-likeness (QED) is 0.871. The van der Waals surface area contributed by atoms with Crippen LogP contribution in [0.5, 0.6) is 0 Å². The molecule has 1 aromatic carbocycles. The molecule has 2 aliphatic rings. The highest BCUT2D eigenvalue weighted by atomic mass is 19.1. The molecule has 3 heterocycles. The summed E-state index contributed by atoms with van der Waals surface area (Å²) in [6.07, 6.45) is 3.08. The van der Waals surface area contributed by atoms with Crippen LogP contribution >= 0.6 is 0 Å². The Morgan fingerprint density at radius 3 is 2.78 bits per heavy atom. The van der Waals surface area contributed by atoms with Gasteiger partial charge in [-0.15, -0.1) is 0 Å². The number of rotatable bonds is 3. The van der Waals surface area contributed by atoms with Crippen molar-refractivity contribution < 1.29 is 13.7 Å². The first-order valence-corrected chi connectivity index (χ1v) is 8.13. The van der Waals surface area contributed by atoms with Crippen molar-refractivity contribution in [3.05, 3.63) is 47.4 Å². The van der Waals surface area contributed by atoms with Gasteiger partial charge < -0.3 is 9.26 Å². The van der Waals surface area contributed by atoms with E-state index in [2.05, 4.69) is 15.0 Å².